The summed E-state index contributed by atoms with van der Waals surface area (Å²) in [6, 6.07) is 0. The fourth-order valence-corrected chi connectivity index (χ4v) is 4.26. The lowest BCUT2D eigenvalue weighted by molar-refractivity contribution is 0.0797. The van der Waals surface area contributed by atoms with Crippen LogP contribution in [0.5, 0.6) is 0 Å². The SMILES string of the molecule is CCOP(C)(=O)[O][Al]([O]C(C)C)[O]C(C)C. The van der Waals surface area contributed by atoms with E-state index in [1.54, 1.807) is 6.92 Å². The highest BCUT2D eigenvalue weighted by molar-refractivity contribution is 7.54. The molecule has 0 saturated heterocycles. The molecule has 1 atom stereocenters. The van der Waals surface area contributed by atoms with Gasteiger partial charge in [0, 0.05) is 18.9 Å². The van der Waals surface area contributed by atoms with Gasteiger partial charge in [-0.1, -0.05) is 0 Å². The molecule has 0 aromatic carbocycles. The smallest absolute Gasteiger partial charge is 0.452 e. The molecule has 0 rings (SSSR count). The molecule has 0 radical (unpaired) electrons. The Balaban J connectivity index is 4.34. The van der Waals surface area contributed by atoms with E-state index < -0.39 is 22.7 Å². The van der Waals surface area contributed by atoms with E-state index in [9.17, 15) is 4.57 Å². The van der Waals surface area contributed by atoms with Gasteiger partial charge in [0.25, 0.3) is 0 Å². The van der Waals surface area contributed by atoms with Crippen molar-refractivity contribution in [3.05, 3.63) is 0 Å². The summed E-state index contributed by atoms with van der Waals surface area (Å²) in [6.07, 6.45) is -0.0333. The van der Waals surface area contributed by atoms with E-state index in [2.05, 4.69) is 0 Å². The molecule has 0 fully saturated rings. The highest BCUT2D eigenvalue weighted by atomic mass is 31.2. The van der Waals surface area contributed by atoms with Gasteiger partial charge in [-0.05, 0) is 34.6 Å². The van der Waals surface area contributed by atoms with Crippen molar-refractivity contribution in [2.75, 3.05) is 13.3 Å². The first kappa shape index (κ1) is 16.6. The van der Waals surface area contributed by atoms with E-state index >= 15 is 0 Å². The topological polar surface area (TPSA) is 54.0 Å². The molecule has 0 N–H and O–H groups in total. The Morgan fingerprint density at radius 3 is 1.88 bits per heavy atom. The van der Waals surface area contributed by atoms with Gasteiger partial charge in [-0.15, -0.1) is 0 Å². The zero-order chi connectivity index (χ0) is 12.8. The first-order valence-corrected chi connectivity index (χ1v) is 8.88. The minimum Gasteiger partial charge on any atom is -0.452 e. The van der Waals surface area contributed by atoms with Crippen LogP contribution in [-0.2, 0) is 20.2 Å². The van der Waals surface area contributed by atoms with Crippen LogP contribution in [0.15, 0.2) is 0 Å². The second-order valence-electron chi connectivity index (χ2n) is 3.95. The lowest BCUT2D eigenvalue weighted by atomic mass is 10.5. The van der Waals surface area contributed by atoms with E-state index in [1.807, 2.05) is 27.7 Å². The second-order valence-corrected chi connectivity index (χ2v) is 7.72. The monoisotopic (exact) mass is 268 g/mol. The maximum atomic E-state index is 11.8. The summed E-state index contributed by atoms with van der Waals surface area (Å²) in [5.41, 5.74) is 0. The van der Waals surface area contributed by atoms with Crippen LogP contribution in [0.4, 0.5) is 0 Å². The molecule has 0 saturated carbocycles. The molecule has 0 aliphatic heterocycles. The largest absolute Gasteiger partial charge is 0.912 e. The van der Waals surface area contributed by atoms with Gasteiger partial charge in [0.05, 0.1) is 6.61 Å². The zero-order valence-corrected chi connectivity index (χ0v) is 13.0. The molecule has 96 valence electrons. The molecule has 0 heterocycles. The first-order valence-electron chi connectivity index (χ1n) is 5.48. The molecular weight excluding hydrogens is 246 g/mol. The molecule has 0 amide bonds. The predicted molar refractivity (Wildman–Crippen MR) is 64.4 cm³/mol. The summed E-state index contributed by atoms with van der Waals surface area (Å²) in [4.78, 5) is 0. The first-order chi connectivity index (χ1) is 7.26. The van der Waals surface area contributed by atoms with Crippen LogP contribution in [0.3, 0.4) is 0 Å². The Bertz CT molecular complexity index is 224. The van der Waals surface area contributed by atoms with E-state index in [4.69, 9.17) is 15.7 Å². The van der Waals surface area contributed by atoms with Crippen LogP contribution in [0.2, 0.25) is 0 Å². The minimum absolute atomic E-state index is 0.0166. The van der Waals surface area contributed by atoms with E-state index in [1.165, 1.54) is 6.66 Å². The van der Waals surface area contributed by atoms with Gasteiger partial charge in [-0.25, -0.2) is 0 Å². The van der Waals surface area contributed by atoms with Crippen LogP contribution in [0.1, 0.15) is 34.6 Å². The van der Waals surface area contributed by atoms with Crippen molar-refractivity contribution in [1.29, 1.82) is 0 Å². The zero-order valence-electron chi connectivity index (χ0n) is 10.9. The van der Waals surface area contributed by atoms with Gasteiger partial charge in [0.15, 0.2) is 0 Å². The summed E-state index contributed by atoms with van der Waals surface area (Å²) in [7, 11) is -3.05. The third kappa shape index (κ3) is 8.72. The summed E-state index contributed by atoms with van der Waals surface area (Å²) in [6.45, 7) is 11.1. The van der Waals surface area contributed by atoms with Crippen LogP contribution in [0, 0.1) is 0 Å². The maximum Gasteiger partial charge on any atom is 0.912 e. The van der Waals surface area contributed by atoms with Gasteiger partial charge in [-0.3, -0.25) is 4.57 Å². The Morgan fingerprint density at radius 1 is 1.12 bits per heavy atom. The van der Waals surface area contributed by atoms with Crippen molar-refractivity contribution in [1.82, 2.24) is 0 Å². The normalized spacial score (nSPS) is 15.5. The lowest BCUT2D eigenvalue weighted by Crippen LogP contribution is -2.32. The summed E-state index contributed by atoms with van der Waals surface area (Å²) >= 11 is -2.39. The minimum atomic E-state index is -3.05. The Kier molecular flexibility index (Phi) is 8.13. The van der Waals surface area contributed by atoms with Crippen molar-refractivity contribution in [3.63, 3.8) is 0 Å². The summed E-state index contributed by atoms with van der Waals surface area (Å²) in [5, 5.41) is 0. The molecule has 1 unspecified atom stereocenters. The van der Waals surface area contributed by atoms with Gasteiger partial charge in [0.1, 0.15) is 0 Å². The van der Waals surface area contributed by atoms with Crippen LogP contribution >= 0.6 is 7.60 Å². The van der Waals surface area contributed by atoms with Crippen LogP contribution < -0.4 is 0 Å². The highest BCUT2D eigenvalue weighted by Gasteiger charge is 2.39. The molecule has 16 heavy (non-hydrogen) atoms. The lowest BCUT2D eigenvalue weighted by Gasteiger charge is -2.21. The molecular formula is C9H22AlO5P. The van der Waals surface area contributed by atoms with Crippen molar-refractivity contribution in [2.24, 2.45) is 0 Å². The third-order valence-electron chi connectivity index (χ3n) is 1.41. The average molecular weight is 268 g/mol. The fourth-order valence-electron chi connectivity index (χ4n) is 0.947. The molecule has 5 nitrogen and oxygen atoms in total. The predicted octanol–water partition coefficient (Wildman–Crippen LogP) is 2.70. The van der Waals surface area contributed by atoms with Gasteiger partial charge < -0.3 is 15.7 Å². The fraction of sp³-hybridized carbons (Fsp3) is 1.00. The maximum absolute atomic E-state index is 11.8. The highest BCUT2D eigenvalue weighted by Crippen LogP contribution is 2.44. The van der Waals surface area contributed by atoms with Crippen LogP contribution in [0.25, 0.3) is 0 Å². The number of rotatable bonds is 8. The Hall–Kier alpha value is 0.602. The van der Waals surface area contributed by atoms with Crippen molar-refractivity contribution in [2.45, 2.75) is 46.8 Å². The summed E-state index contributed by atoms with van der Waals surface area (Å²) < 4.78 is 33.1. The summed E-state index contributed by atoms with van der Waals surface area (Å²) in [5.74, 6) is 0. The molecule has 0 aromatic rings. The molecule has 0 aliphatic rings. The quantitative estimate of drug-likeness (QED) is 0.500. The second kappa shape index (κ2) is 7.84. The van der Waals surface area contributed by atoms with E-state index in [0.717, 1.165) is 0 Å². The average Bonchev–Trinajstić information content (AvgIpc) is 1.98. The van der Waals surface area contributed by atoms with Crippen LogP contribution in [-0.4, -0.2) is 40.6 Å². The van der Waals surface area contributed by atoms with Gasteiger partial charge >= 0.3 is 22.7 Å². The molecule has 0 aliphatic carbocycles. The molecule has 0 bridgehead atoms. The Labute approximate surface area is 103 Å². The van der Waals surface area contributed by atoms with Crippen molar-refractivity contribution < 1.29 is 20.2 Å². The molecule has 0 spiro atoms. The third-order valence-corrected chi connectivity index (χ3v) is 5.89. The van der Waals surface area contributed by atoms with E-state index in [0.29, 0.717) is 6.61 Å². The molecule has 0 aromatic heterocycles. The number of hydrogen-bond donors (Lipinski definition) is 0. The van der Waals surface area contributed by atoms with Gasteiger partial charge in [0.2, 0.25) is 0 Å². The molecule has 7 heteroatoms. The van der Waals surface area contributed by atoms with Gasteiger partial charge in [-0.2, -0.15) is 0 Å². The van der Waals surface area contributed by atoms with Crippen molar-refractivity contribution in [3.8, 4) is 0 Å². The Morgan fingerprint density at radius 2 is 1.56 bits per heavy atom. The van der Waals surface area contributed by atoms with E-state index in [-0.39, 0.29) is 12.2 Å². The van der Waals surface area contributed by atoms with Crippen molar-refractivity contribution >= 4 is 22.7 Å². The number of hydrogen-bond acceptors (Lipinski definition) is 5. The standard InChI is InChI=1S/C3H9O3P.2C3H7O.Al/c1-3-6-7(2,4)5;2*1-3(2)4;/h3H2,1-2H3,(H,4,5);2*3H,1-2H3;/q;2*-1;+3/p-1.